The Morgan fingerprint density at radius 1 is 1.27 bits per heavy atom. The van der Waals surface area contributed by atoms with Gasteiger partial charge in [-0.1, -0.05) is 42.7 Å². The molecule has 2 N–H and O–H groups in total. The summed E-state index contributed by atoms with van der Waals surface area (Å²) in [6.07, 6.45) is 2.36. The number of aromatic nitrogens is 1. The monoisotopic (exact) mass is 488 g/mol. The van der Waals surface area contributed by atoms with Crippen molar-refractivity contribution >= 4 is 41.5 Å². The second-order valence-corrected chi connectivity index (χ2v) is 7.38. The van der Waals surface area contributed by atoms with Gasteiger partial charge in [0.15, 0.2) is 11.7 Å². The molecule has 0 atom stereocenters. The third kappa shape index (κ3) is 5.13. The average molecular weight is 489 g/mol. The van der Waals surface area contributed by atoms with Gasteiger partial charge in [-0.3, -0.25) is 4.99 Å². The number of aliphatic imine (C=N–C) groups is 1. The van der Waals surface area contributed by atoms with Crippen molar-refractivity contribution < 1.29 is 4.52 Å². The van der Waals surface area contributed by atoms with Gasteiger partial charge in [0.1, 0.15) is 0 Å². The van der Waals surface area contributed by atoms with E-state index in [-0.39, 0.29) is 29.4 Å². The first-order valence-electron chi connectivity index (χ1n) is 8.68. The maximum atomic E-state index is 5.99. The molecule has 1 aromatic heterocycles. The number of benzene rings is 1. The third-order valence-corrected chi connectivity index (χ3v) is 4.98. The van der Waals surface area contributed by atoms with Gasteiger partial charge in [0.25, 0.3) is 0 Å². The quantitative estimate of drug-likeness (QED) is 0.358. The van der Waals surface area contributed by atoms with E-state index in [1.165, 1.54) is 18.4 Å². The van der Waals surface area contributed by atoms with E-state index in [4.69, 9.17) is 16.1 Å². The predicted octanol–water partition coefficient (Wildman–Crippen LogP) is 4.47. The van der Waals surface area contributed by atoms with Gasteiger partial charge in [-0.05, 0) is 36.5 Å². The molecule has 1 heterocycles. The van der Waals surface area contributed by atoms with Crippen LogP contribution in [-0.2, 0) is 12.0 Å². The fourth-order valence-electron chi connectivity index (χ4n) is 2.85. The second-order valence-electron chi connectivity index (χ2n) is 6.94. The normalized spacial score (nSPS) is 15.5. The van der Waals surface area contributed by atoms with E-state index in [2.05, 4.69) is 46.8 Å². The van der Waals surface area contributed by atoms with Crippen LogP contribution in [-0.4, -0.2) is 24.7 Å². The molecule has 5 nitrogen and oxygen atoms in total. The topological polar surface area (TPSA) is 62.5 Å². The first-order valence-corrected chi connectivity index (χ1v) is 9.06. The minimum absolute atomic E-state index is 0. The molecule has 1 aromatic carbocycles. The van der Waals surface area contributed by atoms with Crippen LogP contribution in [0.1, 0.15) is 49.6 Å². The minimum atomic E-state index is 0. The van der Waals surface area contributed by atoms with Crippen LogP contribution < -0.4 is 10.6 Å². The minimum Gasteiger partial charge on any atom is -0.359 e. The van der Waals surface area contributed by atoms with Crippen LogP contribution in [0.3, 0.4) is 0 Å². The maximum absolute atomic E-state index is 5.99. The Bertz CT molecular complexity index is 738. The fourth-order valence-corrected chi connectivity index (χ4v) is 2.98. The summed E-state index contributed by atoms with van der Waals surface area (Å²) in [5, 5.41) is 11.6. The van der Waals surface area contributed by atoms with Crippen LogP contribution in [0.15, 0.2) is 39.8 Å². The smallest absolute Gasteiger partial charge is 0.191 e. The highest BCUT2D eigenvalue weighted by Crippen LogP contribution is 2.47. The van der Waals surface area contributed by atoms with E-state index in [0.29, 0.717) is 12.5 Å². The van der Waals surface area contributed by atoms with Gasteiger partial charge in [-0.15, -0.1) is 24.0 Å². The van der Waals surface area contributed by atoms with Gasteiger partial charge in [0, 0.05) is 30.1 Å². The number of nitrogens with zero attached hydrogens (tertiary/aromatic N) is 2. The first kappa shape index (κ1) is 21.0. The Kier molecular flexibility index (Phi) is 7.34. The van der Waals surface area contributed by atoms with Gasteiger partial charge in [0.2, 0.25) is 0 Å². The third-order valence-electron chi connectivity index (χ3n) is 4.73. The van der Waals surface area contributed by atoms with Crippen molar-refractivity contribution in [3.63, 3.8) is 0 Å². The van der Waals surface area contributed by atoms with Crippen molar-refractivity contribution in [2.75, 3.05) is 13.6 Å². The summed E-state index contributed by atoms with van der Waals surface area (Å²) in [6.45, 7) is 5.61. The molecule has 1 aliphatic carbocycles. The zero-order valence-electron chi connectivity index (χ0n) is 15.4. The molecule has 0 amide bonds. The number of hydrogen-bond acceptors (Lipinski definition) is 3. The summed E-state index contributed by atoms with van der Waals surface area (Å²) in [4.78, 5) is 4.29. The van der Waals surface area contributed by atoms with Crippen molar-refractivity contribution in [2.24, 2.45) is 4.99 Å². The van der Waals surface area contributed by atoms with Crippen molar-refractivity contribution in [1.29, 1.82) is 0 Å². The summed E-state index contributed by atoms with van der Waals surface area (Å²) in [6, 6.07) is 10.1. The van der Waals surface area contributed by atoms with Crippen LogP contribution in [0.2, 0.25) is 5.02 Å². The lowest BCUT2D eigenvalue weighted by atomic mass is 9.96. The molecule has 7 heteroatoms. The van der Waals surface area contributed by atoms with Crippen LogP contribution >= 0.6 is 35.6 Å². The summed E-state index contributed by atoms with van der Waals surface area (Å²) in [5.41, 5.74) is 2.50. The first-order chi connectivity index (χ1) is 12.0. The molecule has 0 saturated heterocycles. The van der Waals surface area contributed by atoms with Gasteiger partial charge in [-0.25, -0.2) is 0 Å². The van der Waals surface area contributed by atoms with Crippen molar-refractivity contribution in [2.45, 2.75) is 44.6 Å². The Hall–Kier alpha value is -1.28. The van der Waals surface area contributed by atoms with E-state index in [9.17, 15) is 0 Å². The van der Waals surface area contributed by atoms with Gasteiger partial charge in [-0.2, -0.15) is 0 Å². The SMILES string of the molecule is CN=C(NCc1cc(C(C)C)no1)NCC1(c2ccc(Cl)cc2)CC1.I. The molecule has 1 aliphatic rings. The number of hydrogen-bond donors (Lipinski definition) is 2. The maximum Gasteiger partial charge on any atom is 0.191 e. The zero-order chi connectivity index (χ0) is 17.9. The molecule has 3 rings (SSSR count). The van der Waals surface area contributed by atoms with E-state index >= 15 is 0 Å². The van der Waals surface area contributed by atoms with Crippen molar-refractivity contribution in [3.05, 3.63) is 52.4 Å². The molecule has 1 fully saturated rings. The number of rotatable bonds is 6. The molecule has 0 spiro atoms. The molecular weight excluding hydrogens is 463 g/mol. The van der Waals surface area contributed by atoms with Crippen LogP contribution in [0.5, 0.6) is 0 Å². The van der Waals surface area contributed by atoms with Crippen molar-refractivity contribution in [1.82, 2.24) is 15.8 Å². The molecular formula is C19H26ClIN4O. The molecule has 2 aromatic rings. The summed E-state index contributed by atoms with van der Waals surface area (Å²) in [7, 11) is 1.77. The Balaban J connectivity index is 0.00000243. The number of guanidine groups is 1. The van der Waals surface area contributed by atoms with Crippen LogP contribution in [0.25, 0.3) is 0 Å². The van der Waals surface area contributed by atoms with E-state index in [1.54, 1.807) is 7.05 Å². The van der Waals surface area contributed by atoms with E-state index in [1.807, 2.05) is 18.2 Å². The standard InChI is InChI=1S/C19H25ClN4O.HI/c1-13(2)17-10-16(25-24-17)11-22-18(21-3)23-12-19(8-9-19)14-4-6-15(20)7-5-14;/h4-7,10,13H,8-9,11-12H2,1-3H3,(H2,21,22,23);1H. The molecule has 1 saturated carbocycles. The highest BCUT2D eigenvalue weighted by Gasteiger charge is 2.44. The largest absolute Gasteiger partial charge is 0.359 e. The highest BCUT2D eigenvalue weighted by molar-refractivity contribution is 14.0. The number of halogens is 2. The average Bonchev–Trinajstić information content (AvgIpc) is 3.24. The second kappa shape index (κ2) is 9.08. The van der Waals surface area contributed by atoms with Crippen LogP contribution in [0.4, 0.5) is 0 Å². The molecule has 0 bridgehead atoms. The van der Waals surface area contributed by atoms with Gasteiger partial charge < -0.3 is 15.2 Å². The lowest BCUT2D eigenvalue weighted by Crippen LogP contribution is -2.40. The molecule has 0 aliphatic heterocycles. The zero-order valence-corrected chi connectivity index (χ0v) is 18.5. The Morgan fingerprint density at radius 2 is 1.96 bits per heavy atom. The summed E-state index contributed by atoms with van der Waals surface area (Å²) in [5.74, 6) is 1.94. The number of nitrogens with one attached hydrogen (secondary N) is 2. The summed E-state index contributed by atoms with van der Waals surface area (Å²) >= 11 is 5.99. The highest BCUT2D eigenvalue weighted by atomic mass is 127. The lowest BCUT2D eigenvalue weighted by Gasteiger charge is -2.19. The van der Waals surface area contributed by atoms with E-state index < -0.39 is 0 Å². The Labute approximate surface area is 177 Å². The molecule has 0 radical (unpaired) electrons. The predicted molar refractivity (Wildman–Crippen MR) is 117 cm³/mol. The van der Waals surface area contributed by atoms with Crippen LogP contribution in [0, 0.1) is 0 Å². The van der Waals surface area contributed by atoms with Gasteiger partial charge in [0.05, 0.1) is 12.2 Å². The molecule has 26 heavy (non-hydrogen) atoms. The van der Waals surface area contributed by atoms with Crippen molar-refractivity contribution in [3.8, 4) is 0 Å². The molecule has 142 valence electrons. The Morgan fingerprint density at radius 3 is 2.50 bits per heavy atom. The van der Waals surface area contributed by atoms with E-state index in [0.717, 1.165) is 29.0 Å². The lowest BCUT2D eigenvalue weighted by molar-refractivity contribution is 0.372. The summed E-state index contributed by atoms with van der Waals surface area (Å²) < 4.78 is 5.35. The fraction of sp³-hybridized carbons (Fsp3) is 0.474. The van der Waals surface area contributed by atoms with Gasteiger partial charge >= 0.3 is 0 Å². The molecule has 0 unspecified atom stereocenters.